The van der Waals surface area contributed by atoms with Gasteiger partial charge in [-0.3, -0.25) is 0 Å². The molecule has 0 aliphatic carbocycles. The van der Waals surface area contributed by atoms with Crippen LogP contribution in [0.15, 0.2) is 0 Å². The lowest BCUT2D eigenvalue weighted by Crippen LogP contribution is -2.47. The van der Waals surface area contributed by atoms with Crippen LogP contribution in [0.25, 0.3) is 0 Å². The zero-order chi connectivity index (χ0) is 16.4. The van der Waals surface area contributed by atoms with Crippen molar-refractivity contribution in [3.05, 3.63) is 0 Å². The van der Waals surface area contributed by atoms with Gasteiger partial charge in [0.2, 0.25) is 0 Å². The molecule has 0 amide bonds. The van der Waals surface area contributed by atoms with Crippen LogP contribution in [0, 0.1) is 0 Å². The molecule has 0 saturated carbocycles. The van der Waals surface area contributed by atoms with Crippen molar-refractivity contribution in [1.82, 2.24) is 0 Å². The molecule has 0 aromatic carbocycles. The molecule has 0 spiro atoms. The highest BCUT2D eigenvalue weighted by Gasteiger charge is 2.34. The van der Waals surface area contributed by atoms with Crippen LogP contribution in [0.5, 0.6) is 0 Å². The van der Waals surface area contributed by atoms with Crippen LogP contribution in [0.3, 0.4) is 0 Å². The van der Waals surface area contributed by atoms with Gasteiger partial charge in [0, 0.05) is 19.4 Å². The average Bonchev–Trinajstić information content (AvgIpc) is 2.45. The van der Waals surface area contributed by atoms with Gasteiger partial charge < -0.3 is 24.5 Å². The number of carbonyl (C=O) groups is 1. The van der Waals surface area contributed by atoms with E-state index in [1.54, 1.807) is 13.8 Å². The number of aliphatic hydroxyl groups excluding tert-OH is 2. The van der Waals surface area contributed by atoms with Crippen molar-refractivity contribution >= 4 is 5.78 Å². The summed E-state index contributed by atoms with van der Waals surface area (Å²) in [6, 6.07) is 0. The Bertz CT molecular complexity index is 307. The van der Waals surface area contributed by atoms with E-state index >= 15 is 0 Å². The van der Waals surface area contributed by atoms with Crippen LogP contribution >= 0.6 is 0 Å². The predicted octanol–water partition coefficient (Wildman–Crippen LogP) is 2.57. The Labute approximate surface area is 134 Å². The van der Waals surface area contributed by atoms with Crippen LogP contribution in [0.4, 0.5) is 0 Å². The van der Waals surface area contributed by atoms with E-state index in [0.717, 1.165) is 25.7 Å². The van der Waals surface area contributed by atoms with Crippen molar-refractivity contribution in [2.75, 3.05) is 6.61 Å². The summed E-state index contributed by atoms with van der Waals surface area (Å²) in [5.74, 6) is 0.283. The molecule has 4 atom stereocenters. The molecule has 5 nitrogen and oxygen atoms in total. The zero-order valence-corrected chi connectivity index (χ0v) is 14.0. The van der Waals surface area contributed by atoms with Gasteiger partial charge in [0.1, 0.15) is 11.9 Å². The molecule has 1 rings (SSSR count). The molecule has 22 heavy (non-hydrogen) atoms. The number of ether oxygens (including phenoxy) is 2. The van der Waals surface area contributed by atoms with Crippen LogP contribution in [0.1, 0.15) is 71.6 Å². The SMILES string of the molecule is CC(=O)CCCCCCCCCO[C@@H]1OC(C)[C@H](O)CC1O. The second-order valence-corrected chi connectivity index (χ2v) is 6.38. The standard InChI is InChI=1S/C17H32O5/c1-13(18)10-8-6-4-3-5-7-9-11-21-17-16(20)12-15(19)14(2)22-17/h14-17,19-20H,3-12H2,1-2H3/t14?,15-,16?,17-/m1/s1. The molecule has 2 N–H and O–H groups in total. The molecular formula is C17H32O5. The molecule has 1 heterocycles. The predicted molar refractivity (Wildman–Crippen MR) is 84.5 cm³/mol. The highest BCUT2D eigenvalue weighted by molar-refractivity contribution is 5.75. The number of Topliss-reactive ketones (excluding diaryl/α,β-unsaturated/α-hetero) is 1. The van der Waals surface area contributed by atoms with E-state index in [9.17, 15) is 15.0 Å². The van der Waals surface area contributed by atoms with E-state index in [-0.39, 0.29) is 11.9 Å². The topological polar surface area (TPSA) is 76.0 Å². The lowest BCUT2D eigenvalue weighted by atomic mass is 10.0. The Morgan fingerprint density at radius 2 is 1.64 bits per heavy atom. The Morgan fingerprint density at radius 1 is 1.05 bits per heavy atom. The van der Waals surface area contributed by atoms with Crippen LogP contribution in [-0.2, 0) is 14.3 Å². The molecule has 1 aliphatic heterocycles. The molecule has 0 aromatic rings. The van der Waals surface area contributed by atoms with E-state index in [2.05, 4.69) is 0 Å². The Balaban J connectivity index is 1.92. The highest BCUT2D eigenvalue weighted by Crippen LogP contribution is 2.21. The van der Waals surface area contributed by atoms with Gasteiger partial charge in [-0.05, 0) is 26.7 Å². The summed E-state index contributed by atoms with van der Waals surface area (Å²) >= 11 is 0. The Morgan fingerprint density at radius 3 is 2.27 bits per heavy atom. The highest BCUT2D eigenvalue weighted by atomic mass is 16.7. The molecule has 1 saturated heterocycles. The largest absolute Gasteiger partial charge is 0.390 e. The van der Waals surface area contributed by atoms with E-state index in [0.29, 0.717) is 19.4 Å². The van der Waals surface area contributed by atoms with Gasteiger partial charge >= 0.3 is 0 Å². The summed E-state index contributed by atoms with van der Waals surface area (Å²) in [5.41, 5.74) is 0. The fourth-order valence-electron chi connectivity index (χ4n) is 2.65. The van der Waals surface area contributed by atoms with Crippen LogP contribution in [0.2, 0.25) is 0 Å². The summed E-state index contributed by atoms with van der Waals surface area (Å²) in [5, 5.41) is 19.4. The molecule has 1 aliphatic rings. The average molecular weight is 316 g/mol. The number of hydrogen-bond acceptors (Lipinski definition) is 5. The third kappa shape index (κ3) is 8.22. The normalized spacial score (nSPS) is 28.7. The summed E-state index contributed by atoms with van der Waals surface area (Å²) in [6.07, 6.45) is 6.54. The Kier molecular flexibility index (Phi) is 9.87. The van der Waals surface area contributed by atoms with Gasteiger partial charge in [-0.1, -0.05) is 32.1 Å². The van der Waals surface area contributed by atoms with Crippen molar-refractivity contribution in [3.63, 3.8) is 0 Å². The van der Waals surface area contributed by atoms with Crippen molar-refractivity contribution in [2.45, 2.75) is 96.2 Å². The summed E-state index contributed by atoms with van der Waals surface area (Å²) in [6.45, 7) is 4.02. The fraction of sp³-hybridized carbons (Fsp3) is 0.941. The number of ketones is 1. The quantitative estimate of drug-likeness (QED) is 0.573. The van der Waals surface area contributed by atoms with Gasteiger partial charge in [0.25, 0.3) is 0 Å². The van der Waals surface area contributed by atoms with Gasteiger partial charge in [-0.15, -0.1) is 0 Å². The summed E-state index contributed by atoms with van der Waals surface area (Å²) in [7, 11) is 0. The van der Waals surface area contributed by atoms with Gasteiger partial charge in [-0.2, -0.15) is 0 Å². The monoisotopic (exact) mass is 316 g/mol. The van der Waals surface area contributed by atoms with Crippen molar-refractivity contribution in [1.29, 1.82) is 0 Å². The molecular weight excluding hydrogens is 284 g/mol. The van der Waals surface area contributed by atoms with Gasteiger partial charge in [-0.25, -0.2) is 0 Å². The number of unbranched alkanes of at least 4 members (excludes halogenated alkanes) is 6. The first-order valence-electron chi connectivity index (χ1n) is 8.63. The number of hydrogen-bond donors (Lipinski definition) is 2. The van der Waals surface area contributed by atoms with E-state index in [4.69, 9.17) is 9.47 Å². The minimum absolute atomic E-state index is 0.283. The van der Waals surface area contributed by atoms with Crippen molar-refractivity contribution < 1.29 is 24.5 Å². The van der Waals surface area contributed by atoms with Gasteiger partial charge in [0.05, 0.1) is 12.2 Å². The van der Waals surface area contributed by atoms with Crippen LogP contribution in [-0.4, -0.2) is 47.2 Å². The van der Waals surface area contributed by atoms with Crippen molar-refractivity contribution in [2.24, 2.45) is 0 Å². The van der Waals surface area contributed by atoms with Gasteiger partial charge in [0.15, 0.2) is 6.29 Å². The number of aliphatic hydroxyl groups is 2. The summed E-state index contributed by atoms with van der Waals surface area (Å²) < 4.78 is 11.0. The maximum absolute atomic E-state index is 10.8. The smallest absolute Gasteiger partial charge is 0.183 e. The Hall–Kier alpha value is -0.490. The maximum Gasteiger partial charge on any atom is 0.183 e. The van der Waals surface area contributed by atoms with Crippen molar-refractivity contribution in [3.8, 4) is 0 Å². The second kappa shape index (κ2) is 11.1. The molecule has 0 aromatic heterocycles. The van der Waals surface area contributed by atoms with Crippen LogP contribution < -0.4 is 0 Å². The minimum atomic E-state index is -0.743. The minimum Gasteiger partial charge on any atom is -0.390 e. The second-order valence-electron chi connectivity index (χ2n) is 6.38. The maximum atomic E-state index is 10.8. The summed E-state index contributed by atoms with van der Waals surface area (Å²) in [4.78, 5) is 10.8. The molecule has 0 radical (unpaired) electrons. The lowest BCUT2D eigenvalue weighted by molar-refractivity contribution is -0.261. The lowest BCUT2D eigenvalue weighted by Gasteiger charge is -2.35. The van der Waals surface area contributed by atoms with E-state index in [1.807, 2.05) is 0 Å². The molecule has 1 fully saturated rings. The number of carbonyl (C=O) groups excluding carboxylic acids is 1. The number of rotatable bonds is 11. The van der Waals surface area contributed by atoms with E-state index in [1.165, 1.54) is 19.3 Å². The van der Waals surface area contributed by atoms with E-state index < -0.39 is 18.5 Å². The molecule has 5 heteroatoms. The molecule has 2 unspecified atom stereocenters. The molecule has 130 valence electrons. The first-order chi connectivity index (χ1) is 10.5. The third-order valence-electron chi connectivity index (χ3n) is 4.14. The first kappa shape index (κ1) is 19.6. The first-order valence-corrected chi connectivity index (χ1v) is 8.63. The molecule has 0 bridgehead atoms. The third-order valence-corrected chi connectivity index (χ3v) is 4.14. The zero-order valence-electron chi connectivity index (χ0n) is 14.0. The fourth-order valence-corrected chi connectivity index (χ4v) is 2.65.